The summed E-state index contributed by atoms with van der Waals surface area (Å²) < 4.78 is 0. The van der Waals surface area contributed by atoms with Crippen molar-refractivity contribution in [3.8, 4) is 0 Å². The minimum atomic E-state index is 0.962. The predicted octanol–water partition coefficient (Wildman–Crippen LogP) is 2.78. The third-order valence-corrected chi connectivity index (χ3v) is 4.36. The highest BCUT2D eigenvalue weighted by molar-refractivity contribution is 5.71. The van der Waals surface area contributed by atoms with E-state index in [-0.39, 0.29) is 0 Å². The fourth-order valence-electron chi connectivity index (χ4n) is 2.97. The molecular formula is C15H24N4. The summed E-state index contributed by atoms with van der Waals surface area (Å²) in [5, 5.41) is 2.09. The van der Waals surface area contributed by atoms with Gasteiger partial charge in [-0.15, -0.1) is 5.12 Å². The molecule has 0 saturated carbocycles. The van der Waals surface area contributed by atoms with E-state index in [0.717, 1.165) is 19.0 Å². The van der Waals surface area contributed by atoms with E-state index >= 15 is 0 Å². The van der Waals surface area contributed by atoms with Gasteiger partial charge in [0.05, 0.1) is 17.9 Å². The number of nitrogens with zero attached hydrogens (tertiary/aromatic N) is 2. The summed E-state index contributed by atoms with van der Waals surface area (Å²) in [6.45, 7) is 6.98. The van der Waals surface area contributed by atoms with E-state index in [0.29, 0.717) is 0 Å². The molecule has 1 fully saturated rings. The predicted molar refractivity (Wildman–Crippen MR) is 79.8 cm³/mol. The summed E-state index contributed by atoms with van der Waals surface area (Å²) in [4.78, 5) is 2.58. The topological polar surface area (TPSA) is 30.5 Å². The first-order chi connectivity index (χ1) is 9.35. The third-order valence-electron chi connectivity index (χ3n) is 4.36. The summed E-state index contributed by atoms with van der Waals surface area (Å²) in [5.41, 5.74) is 9.13. The quantitative estimate of drug-likeness (QED) is 0.871. The number of anilines is 2. The number of hydrogen-bond donors (Lipinski definition) is 2. The van der Waals surface area contributed by atoms with Crippen LogP contribution < -0.4 is 10.9 Å². The Kier molecular flexibility index (Phi) is 3.89. The number of fused-ring (bicyclic) bond motifs is 1. The van der Waals surface area contributed by atoms with Gasteiger partial charge in [0.15, 0.2) is 0 Å². The molecule has 19 heavy (non-hydrogen) atoms. The zero-order chi connectivity index (χ0) is 13.1. The molecule has 0 atom stereocenters. The molecule has 0 spiro atoms. The molecule has 0 amide bonds. The van der Waals surface area contributed by atoms with E-state index in [2.05, 4.69) is 52.1 Å². The Labute approximate surface area is 115 Å². The number of hydrogen-bond acceptors (Lipinski definition) is 4. The molecule has 0 bridgehead atoms. The minimum Gasteiger partial charge on any atom is -0.302 e. The third kappa shape index (κ3) is 3.01. The average molecular weight is 260 g/mol. The Morgan fingerprint density at radius 2 is 1.68 bits per heavy atom. The van der Waals surface area contributed by atoms with Gasteiger partial charge < -0.3 is 4.90 Å². The lowest BCUT2D eigenvalue weighted by molar-refractivity contribution is 0.169. The summed E-state index contributed by atoms with van der Waals surface area (Å²) in [7, 11) is 0. The van der Waals surface area contributed by atoms with Crippen LogP contribution in [-0.2, 0) is 0 Å². The molecule has 4 heteroatoms. The standard InChI is InChI=1S/C15H24N4/c1-2-13-7-9-18(10-8-13)11-12-19-16-14-5-3-4-6-15(14)17-19/h3-6,13,16-17H,2,7-12H2,1H3. The maximum Gasteiger partial charge on any atom is 0.0753 e. The van der Waals surface area contributed by atoms with E-state index in [1.807, 2.05) is 0 Å². The van der Waals surface area contributed by atoms with Crippen molar-refractivity contribution >= 4 is 11.4 Å². The highest BCUT2D eigenvalue weighted by Crippen LogP contribution is 2.27. The van der Waals surface area contributed by atoms with Crippen LogP contribution in [-0.4, -0.2) is 36.2 Å². The van der Waals surface area contributed by atoms with Crippen LogP contribution in [0.5, 0.6) is 0 Å². The fraction of sp³-hybridized carbons (Fsp3) is 0.600. The molecule has 0 aliphatic carbocycles. The van der Waals surface area contributed by atoms with Crippen LogP contribution in [0.25, 0.3) is 0 Å². The lowest BCUT2D eigenvalue weighted by Gasteiger charge is -2.32. The second kappa shape index (κ2) is 5.80. The van der Waals surface area contributed by atoms with Gasteiger partial charge in [-0.1, -0.05) is 25.5 Å². The molecule has 2 aliphatic rings. The first kappa shape index (κ1) is 12.8. The van der Waals surface area contributed by atoms with Gasteiger partial charge in [-0.2, -0.15) is 0 Å². The lowest BCUT2D eigenvalue weighted by Crippen LogP contribution is -2.41. The van der Waals surface area contributed by atoms with Crippen molar-refractivity contribution in [2.45, 2.75) is 26.2 Å². The highest BCUT2D eigenvalue weighted by Gasteiger charge is 2.20. The number of para-hydroxylation sites is 2. The Balaban J connectivity index is 1.43. The van der Waals surface area contributed by atoms with Crippen molar-refractivity contribution in [3.05, 3.63) is 24.3 Å². The monoisotopic (exact) mass is 260 g/mol. The van der Waals surface area contributed by atoms with Crippen LogP contribution >= 0.6 is 0 Å². The molecule has 2 aliphatic heterocycles. The van der Waals surface area contributed by atoms with Gasteiger partial charge in [0, 0.05) is 6.54 Å². The van der Waals surface area contributed by atoms with Crippen molar-refractivity contribution < 1.29 is 0 Å². The van der Waals surface area contributed by atoms with Crippen molar-refractivity contribution in [2.75, 3.05) is 37.0 Å². The molecule has 0 aromatic heterocycles. The summed E-state index contributed by atoms with van der Waals surface area (Å²) in [5.74, 6) is 0.962. The number of hydrazine groups is 2. The molecule has 104 valence electrons. The van der Waals surface area contributed by atoms with Crippen molar-refractivity contribution in [1.82, 2.24) is 10.0 Å². The zero-order valence-electron chi connectivity index (χ0n) is 11.7. The van der Waals surface area contributed by atoms with Crippen LogP contribution in [0.4, 0.5) is 11.4 Å². The SMILES string of the molecule is CCC1CCN(CCN2Nc3ccccc3N2)CC1. The normalized spacial score (nSPS) is 20.9. The summed E-state index contributed by atoms with van der Waals surface area (Å²) in [6.07, 6.45) is 4.09. The Morgan fingerprint density at radius 1 is 1.05 bits per heavy atom. The zero-order valence-corrected chi connectivity index (χ0v) is 11.7. The average Bonchev–Trinajstić information content (AvgIpc) is 2.88. The van der Waals surface area contributed by atoms with Crippen LogP contribution in [0, 0.1) is 5.92 Å². The maximum atomic E-state index is 3.39. The molecule has 1 saturated heterocycles. The van der Waals surface area contributed by atoms with Gasteiger partial charge in [-0.05, 0) is 44.0 Å². The van der Waals surface area contributed by atoms with Gasteiger partial charge in [-0.25, -0.2) is 0 Å². The first-order valence-electron chi connectivity index (χ1n) is 7.47. The molecular weight excluding hydrogens is 236 g/mol. The van der Waals surface area contributed by atoms with Crippen molar-refractivity contribution in [2.24, 2.45) is 5.92 Å². The van der Waals surface area contributed by atoms with Crippen LogP contribution in [0.15, 0.2) is 24.3 Å². The Bertz CT molecular complexity index is 387. The molecule has 0 unspecified atom stereocenters. The van der Waals surface area contributed by atoms with Gasteiger partial charge in [0.2, 0.25) is 0 Å². The molecule has 1 aromatic carbocycles. The number of piperidine rings is 1. The van der Waals surface area contributed by atoms with Gasteiger partial charge in [0.25, 0.3) is 0 Å². The van der Waals surface area contributed by atoms with Crippen LogP contribution in [0.2, 0.25) is 0 Å². The molecule has 4 nitrogen and oxygen atoms in total. The van der Waals surface area contributed by atoms with E-state index in [9.17, 15) is 0 Å². The molecule has 2 heterocycles. The highest BCUT2D eigenvalue weighted by atomic mass is 15.8. The van der Waals surface area contributed by atoms with Crippen LogP contribution in [0.1, 0.15) is 26.2 Å². The van der Waals surface area contributed by atoms with Crippen molar-refractivity contribution in [3.63, 3.8) is 0 Å². The number of benzene rings is 1. The fourth-order valence-corrected chi connectivity index (χ4v) is 2.97. The lowest BCUT2D eigenvalue weighted by atomic mass is 9.94. The van der Waals surface area contributed by atoms with Gasteiger partial charge >= 0.3 is 0 Å². The largest absolute Gasteiger partial charge is 0.302 e. The van der Waals surface area contributed by atoms with E-state index in [1.54, 1.807) is 0 Å². The van der Waals surface area contributed by atoms with Crippen molar-refractivity contribution in [1.29, 1.82) is 0 Å². The van der Waals surface area contributed by atoms with E-state index < -0.39 is 0 Å². The second-order valence-electron chi connectivity index (χ2n) is 5.61. The molecule has 2 N–H and O–H groups in total. The van der Waals surface area contributed by atoms with Gasteiger partial charge in [0.1, 0.15) is 0 Å². The number of likely N-dealkylation sites (tertiary alicyclic amines) is 1. The smallest absolute Gasteiger partial charge is 0.0753 e. The first-order valence-corrected chi connectivity index (χ1v) is 7.47. The molecule has 3 rings (SSSR count). The molecule has 0 radical (unpaired) electrons. The number of nitrogens with one attached hydrogen (secondary N) is 2. The Hall–Kier alpha value is -1.26. The number of rotatable bonds is 4. The maximum absolute atomic E-state index is 3.39. The van der Waals surface area contributed by atoms with E-state index in [4.69, 9.17) is 0 Å². The van der Waals surface area contributed by atoms with E-state index in [1.165, 1.54) is 43.7 Å². The van der Waals surface area contributed by atoms with Crippen LogP contribution in [0.3, 0.4) is 0 Å². The second-order valence-corrected chi connectivity index (χ2v) is 5.61. The molecule has 1 aromatic rings. The minimum absolute atomic E-state index is 0.962. The Morgan fingerprint density at radius 3 is 2.26 bits per heavy atom. The summed E-state index contributed by atoms with van der Waals surface area (Å²) in [6, 6.07) is 8.34. The summed E-state index contributed by atoms with van der Waals surface area (Å²) >= 11 is 0. The van der Waals surface area contributed by atoms with Gasteiger partial charge in [-0.3, -0.25) is 10.9 Å².